The molecule has 0 aliphatic rings. The fraction of sp³-hybridized carbons (Fsp3) is 0.0645. The van der Waals surface area contributed by atoms with Crippen LogP contribution in [0.4, 0.5) is 11.4 Å². The number of carbonyl (C=O) groups is 3. The molecule has 8 heteroatoms. The molecule has 0 saturated carbocycles. The van der Waals surface area contributed by atoms with Crippen LogP contribution in [0.2, 0.25) is 0 Å². The summed E-state index contributed by atoms with van der Waals surface area (Å²) in [5.41, 5.74) is 2.66. The predicted molar refractivity (Wildman–Crippen MR) is 147 cm³/mol. The number of nitrogens with zero attached hydrogens (tertiary/aromatic N) is 2. The Morgan fingerprint density at radius 2 is 1.28 bits per heavy atom. The highest BCUT2D eigenvalue weighted by Crippen LogP contribution is 2.20. The number of carbonyl (C=O) groups excluding carboxylic acids is 2. The summed E-state index contributed by atoms with van der Waals surface area (Å²) < 4.78 is 5.34. The van der Waals surface area contributed by atoms with Crippen molar-refractivity contribution in [2.45, 2.75) is 12.5 Å². The lowest BCUT2D eigenvalue weighted by Crippen LogP contribution is -2.34. The van der Waals surface area contributed by atoms with Gasteiger partial charge in [0, 0.05) is 12.0 Å². The van der Waals surface area contributed by atoms with Gasteiger partial charge < -0.3 is 15.2 Å². The van der Waals surface area contributed by atoms with Gasteiger partial charge in [0.05, 0.1) is 11.4 Å². The Morgan fingerprint density at radius 1 is 0.744 bits per heavy atom. The molecule has 0 aromatic heterocycles. The van der Waals surface area contributed by atoms with Crippen LogP contribution in [0.5, 0.6) is 0 Å². The minimum Gasteiger partial charge on any atom is -0.478 e. The molecule has 4 aromatic carbocycles. The van der Waals surface area contributed by atoms with Crippen LogP contribution >= 0.6 is 0 Å². The fourth-order valence-corrected chi connectivity index (χ4v) is 3.54. The lowest BCUT2D eigenvalue weighted by molar-refractivity contribution is -0.161. The maximum absolute atomic E-state index is 13.1. The number of nitrogens with one attached hydrogen (secondary N) is 1. The lowest BCUT2D eigenvalue weighted by Gasteiger charge is -2.16. The second kappa shape index (κ2) is 13.3. The number of hydrogen-bond acceptors (Lipinski definition) is 6. The van der Waals surface area contributed by atoms with Gasteiger partial charge in [0.1, 0.15) is 5.70 Å². The summed E-state index contributed by atoms with van der Waals surface area (Å²) in [5, 5.41) is 20.6. The highest BCUT2D eigenvalue weighted by atomic mass is 16.6. The van der Waals surface area contributed by atoms with Crippen molar-refractivity contribution in [1.29, 1.82) is 0 Å². The first-order chi connectivity index (χ1) is 19.0. The molecule has 0 bridgehead atoms. The molecule has 4 aromatic rings. The Kier molecular flexibility index (Phi) is 9.07. The van der Waals surface area contributed by atoms with E-state index in [-0.39, 0.29) is 12.1 Å². The predicted octanol–water partition coefficient (Wildman–Crippen LogP) is 6.11. The van der Waals surface area contributed by atoms with Gasteiger partial charge >= 0.3 is 11.9 Å². The van der Waals surface area contributed by atoms with Crippen molar-refractivity contribution in [2.75, 3.05) is 0 Å². The van der Waals surface area contributed by atoms with Crippen molar-refractivity contribution >= 4 is 35.3 Å². The molecule has 2 N–H and O–H groups in total. The van der Waals surface area contributed by atoms with Crippen LogP contribution in [0, 0.1) is 0 Å². The summed E-state index contributed by atoms with van der Waals surface area (Å²) in [6.07, 6.45) is -0.0521. The summed E-state index contributed by atoms with van der Waals surface area (Å²) in [4.78, 5) is 37.8. The fourth-order valence-electron chi connectivity index (χ4n) is 3.54. The smallest absolute Gasteiger partial charge is 0.355 e. The molecular formula is C31H25N3O5. The SMILES string of the molecule is O=C(OC(Cc1ccccc1)C(=O)O)C(=Cc1ccc(N=Nc2ccccc2)cc1)NC(=O)c1ccccc1. The zero-order valence-corrected chi connectivity index (χ0v) is 20.8. The Morgan fingerprint density at radius 3 is 1.87 bits per heavy atom. The lowest BCUT2D eigenvalue weighted by atomic mass is 10.1. The zero-order chi connectivity index (χ0) is 27.5. The van der Waals surface area contributed by atoms with Gasteiger partial charge in [-0.1, -0.05) is 78.9 Å². The quantitative estimate of drug-likeness (QED) is 0.149. The Hall–Kier alpha value is -5.37. The molecule has 0 heterocycles. The van der Waals surface area contributed by atoms with Gasteiger partial charge in [-0.25, -0.2) is 9.59 Å². The zero-order valence-electron chi connectivity index (χ0n) is 20.8. The first-order valence-electron chi connectivity index (χ1n) is 12.1. The number of amides is 1. The van der Waals surface area contributed by atoms with Crippen LogP contribution in [0.3, 0.4) is 0 Å². The first-order valence-corrected chi connectivity index (χ1v) is 12.1. The molecule has 0 aliphatic heterocycles. The van der Waals surface area contributed by atoms with Crippen molar-refractivity contribution in [1.82, 2.24) is 5.32 Å². The van der Waals surface area contributed by atoms with Gasteiger partial charge in [-0.05, 0) is 53.6 Å². The molecule has 1 amide bonds. The van der Waals surface area contributed by atoms with E-state index >= 15 is 0 Å². The Bertz CT molecular complexity index is 1470. The van der Waals surface area contributed by atoms with E-state index in [2.05, 4.69) is 15.5 Å². The van der Waals surface area contributed by atoms with Crippen LogP contribution in [-0.4, -0.2) is 29.1 Å². The molecule has 1 atom stereocenters. The molecule has 39 heavy (non-hydrogen) atoms. The highest BCUT2D eigenvalue weighted by molar-refractivity contribution is 6.03. The van der Waals surface area contributed by atoms with E-state index in [0.29, 0.717) is 28.1 Å². The monoisotopic (exact) mass is 519 g/mol. The average molecular weight is 520 g/mol. The second-order valence-electron chi connectivity index (χ2n) is 8.43. The average Bonchev–Trinajstić information content (AvgIpc) is 2.97. The Balaban J connectivity index is 1.56. The molecule has 4 rings (SSSR count). The number of hydrogen-bond donors (Lipinski definition) is 2. The van der Waals surface area contributed by atoms with E-state index in [4.69, 9.17) is 4.74 Å². The second-order valence-corrected chi connectivity index (χ2v) is 8.43. The third-order valence-corrected chi connectivity index (χ3v) is 5.53. The minimum atomic E-state index is -1.45. The molecule has 0 radical (unpaired) electrons. The van der Waals surface area contributed by atoms with Crippen molar-refractivity contribution < 1.29 is 24.2 Å². The molecule has 0 fully saturated rings. The number of carboxylic acids is 1. The van der Waals surface area contributed by atoms with Gasteiger partial charge in [-0.3, -0.25) is 4.79 Å². The maximum atomic E-state index is 13.1. The molecule has 8 nitrogen and oxygen atoms in total. The summed E-state index contributed by atoms with van der Waals surface area (Å²) in [5.74, 6) is -2.81. The number of aliphatic carboxylic acids is 1. The van der Waals surface area contributed by atoms with Crippen LogP contribution in [0.15, 0.2) is 131 Å². The number of benzene rings is 4. The van der Waals surface area contributed by atoms with Crippen LogP contribution in [-0.2, 0) is 20.7 Å². The summed E-state index contributed by atoms with van der Waals surface area (Å²) in [6.45, 7) is 0. The molecule has 194 valence electrons. The summed E-state index contributed by atoms with van der Waals surface area (Å²) >= 11 is 0. The maximum Gasteiger partial charge on any atom is 0.355 e. The van der Waals surface area contributed by atoms with Crippen LogP contribution in [0.25, 0.3) is 6.08 Å². The molecular weight excluding hydrogens is 494 g/mol. The van der Waals surface area contributed by atoms with Gasteiger partial charge in [0.2, 0.25) is 6.10 Å². The Labute approximate surface area is 225 Å². The largest absolute Gasteiger partial charge is 0.478 e. The van der Waals surface area contributed by atoms with Gasteiger partial charge in [-0.2, -0.15) is 10.2 Å². The van der Waals surface area contributed by atoms with Gasteiger partial charge in [-0.15, -0.1) is 0 Å². The third kappa shape index (κ3) is 8.06. The van der Waals surface area contributed by atoms with E-state index in [1.54, 1.807) is 84.9 Å². The molecule has 1 unspecified atom stereocenters. The van der Waals surface area contributed by atoms with E-state index in [0.717, 1.165) is 0 Å². The summed E-state index contributed by atoms with van der Waals surface area (Å²) in [6, 6.07) is 33.2. The first kappa shape index (κ1) is 26.7. The van der Waals surface area contributed by atoms with Crippen molar-refractivity contribution in [3.63, 3.8) is 0 Å². The van der Waals surface area contributed by atoms with E-state index in [9.17, 15) is 19.5 Å². The van der Waals surface area contributed by atoms with Crippen molar-refractivity contribution in [3.8, 4) is 0 Å². The van der Waals surface area contributed by atoms with E-state index in [1.807, 2.05) is 30.3 Å². The van der Waals surface area contributed by atoms with Crippen LogP contribution in [0.1, 0.15) is 21.5 Å². The normalized spacial score (nSPS) is 12.1. The van der Waals surface area contributed by atoms with E-state index < -0.39 is 23.9 Å². The highest BCUT2D eigenvalue weighted by Gasteiger charge is 2.26. The van der Waals surface area contributed by atoms with Crippen LogP contribution < -0.4 is 5.32 Å². The number of esters is 1. The van der Waals surface area contributed by atoms with Gasteiger partial charge in [0.15, 0.2) is 0 Å². The van der Waals surface area contributed by atoms with E-state index in [1.165, 1.54) is 6.08 Å². The summed E-state index contributed by atoms with van der Waals surface area (Å²) in [7, 11) is 0. The minimum absolute atomic E-state index is 0.0249. The van der Waals surface area contributed by atoms with Crippen molar-refractivity contribution in [3.05, 3.63) is 138 Å². The topological polar surface area (TPSA) is 117 Å². The number of azo groups is 1. The molecule has 0 aliphatic carbocycles. The third-order valence-electron chi connectivity index (χ3n) is 5.53. The number of rotatable bonds is 10. The molecule has 0 saturated heterocycles. The molecule has 0 spiro atoms. The van der Waals surface area contributed by atoms with Crippen molar-refractivity contribution in [2.24, 2.45) is 10.2 Å². The van der Waals surface area contributed by atoms with Gasteiger partial charge in [0.25, 0.3) is 5.91 Å². The number of ether oxygens (including phenoxy) is 1. The number of carboxylic acid groups (broad SMARTS) is 1. The standard InChI is InChI=1S/C31H25N3O5/c35-29(24-12-6-2-7-13-24)32-27(31(38)39-28(30(36)37)21-22-10-4-1-5-11-22)20-23-16-18-26(19-17-23)34-33-25-14-8-3-9-15-25/h1-20,28H,21H2,(H,32,35)(H,36,37).